The highest BCUT2D eigenvalue weighted by Crippen LogP contribution is 2.30. The molecule has 0 spiro atoms. The number of methoxy groups -OCH3 is 1. The van der Waals surface area contributed by atoms with E-state index in [0.29, 0.717) is 19.1 Å². The molecule has 9 heteroatoms. The second-order valence-electron chi connectivity index (χ2n) is 10.3. The number of carbonyl (C=O) groups excluding carboxylic acids is 1. The first kappa shape index (κ1) is 29.0. The third kappa shape index (κ3) is 8.52. The van der Waals surface area contributed by atoms with Crippen molar-refractivity contribution >= 4 is 16.9 Å². The van der Waals surface area contributed by atoms with Crippen LogP contribution < -0.4 is 4.74 Å². The van der Waals surface area contributed by atoms with Gasteiger partial charge in [0.25, 0.3) is 0 Å². The minimum atomic E-state index is -1.30. The predicted molar refractivity (Wildman–Crippen MR) is 143 cm³/mol. The molecule has 2 fully saturated rings. The summed E-state index contributed by atoms with van der Waals surface area (Å²) in [7, 11) is 4.02. The van der Waals surface area contributed by atoms with Crippen LogP contribution in [0.3, 0.4) is 0 Å². The highest BCUT2D eigenvalue weighted by molar-refractivity contribution is 7.82. The second-order valence-corrected chi connectivity index (χ2v) is 11.8. The highest BCUT2D eigenvalue weighted by Gasteiger charge is 2.25. The van der Waals surface area contributed by atoms with Crippen LogP contribution in [0.15, 0.2) is 17.0 Å². The van der Waals surface area contributed by atoms with Crippen molar-refractivity contribution in [3.8, 4) is 5.75 Å². The minimum Gasteiger partial charge on any atom is -0.497 e. The Bertz CT molecular complexity index is 846. The second kappa shape index (κ2) is 14.4. The first-order valence-corrected chi connectivity index (χ1v) is 14.3. The van der Waals surface area contributed by atoms with Gasteiger partial charge in [-0.05, 0) is 74.6 Å². The Labute approximate surface area is 219 Å². The van der Waals surface area contributed by atoms with Crippen molar-refractivity contribution in [1.82, 2.24) is 14.1 Å². The molecule has 1 unspecified atom stereocenters. The fourth-order valence-electron chi connectivity index (χ4n) is 5.24. The van der Waals surface area contributed by atoms with Crippen LogP contribution in [0.5, 0.6) is 5.75 Å². The van der Waals surface area contributed by atoms with Crippen LogP contribution in [0.2, 0.25) is 0 Å². The summed E-state index contributed by atoms with van der Waals surface area (Å²) in [5.41, 5.74) is 1.87. The average Bonchev–Trinajstić information content (AvgIpc) is 2.87. The molecule has 2 aliphatic rings. The third-order valence-electron chi connectivity index (χ3n) is 7.45. The third-order valence-corrected chi connectivity index (χ3v) is 9.19. The van der Waals surface area contributed by atoms with E-state index in [2.05, 4.69) is 4.90 Å². The van der Waals surface area contributed by atoms with Crippen molar-refractivity contribution in [2.24, 2.45) is 11.8 Å². The number of nitrogens with zero attached hydrogens (tertiary/aromatic N) is 3. The molecule has 0 bridgehead atoms. The number of aryl methyl sites for hydroxylation is 2. The molecule has 1 aromatic rings. The Balaban J connectivity index is 1.32. The van der Waals surface area contributed by atoms with E-state index >= 15 is 0 Å². The van der Waals surface area contributed by atoms with Crippen molar-refractivity contribution in [3.63, 3.8) is 0 Å². The van der Waals surface area contributed by atoms with Gasteiger partial charge in [0.15, 0.2) is 0 Å². The average molecular weight is 524 g/mol. The fraction of sp³-hybridized carbons (Fsp3) is 0.741. The summed E-state index contributed by atoms with van der Waals surface area (Å²) in [5.74, 6) is 2.12. The molecule has 1 atom stereocenters. The van der Waals surface area contributed by atoms with Crippen molar-refractivity contribution in [1.29, 1.82) is 0 Å². The lowest BCUT2D eigenvalue weighted by Gasteiger charge is -2.35. The molecule has 1 heterocycles. The molecule has 1 aromatic carbocycles. The van der Waals surface area contributed by atoms with Crippen molar-refractivity contribution in [2.75, 3.05) is 80.4 Å². The molecular weight excluding hydrogens is 478 g/mol. The van der Waals surface area contributed by atoms with Crippen LogP contribution in [0, 0.1) is 25.7 Å². The summed E-state index contributed by atoms with van der Waals surface area (Å²) in [6, 6.07) is 3.80. The van der Waals surface area contributed by atoms with Gasteiger partial charge in [0.05, 0.1) is 31.8 Å². The zero-order valence-electron chi connectivity index (χ0n) is 22.8. The highest BCUT2D eigenvalue weighted by atomic mass is 32.2. The molecular formula is C27H45N3O5S. The van der Waals surface area contributed by atoms with Gasteiger partial charge in [0.2, 0.25) is 5.91 Å². The Kier molecular flexibility index (Phi) is 11.6. The van der Waals surface area contributed by atoms with E-state index in [4.69, 9.17) is 14.2 Å². The van der Waals surface area contributed by atoms with Gasteiger partial charge in [-0.1, -0.05) is 0 Å². The quantitative estimate of drug-likeness (QED) is 0.393. The first-order valence-electron chi connectivity index (χ1n) is 13.2. The standard InChI is InChI=1S/C27H45N3O5S/c1-21-16-25(33-5)17-22(2)27(21)36(32)29(4)10-13-35-20-26(31)28(3)18-23-6-8-24(9-7-23)19-30-11-14-34-15-12-30/h16-17,23-24H,6-15,18-20H2,1-5H3. The summed E-state index contributed by atoms with van der Waals surface area (Å²) < 4.78 is 31.2. The smallest absolute Gasteiger partial charge is 0.248 e. The van der Waals surface area contributed by atoms with Gasteiger partial charge in [-0.25, -0.2) is 8.51 Å². The molecule has 0 N–H and O–H groups in total. The maximum Gasteiger partial charge on any atom is 0.248 e. The Hall–Kier alpha value is -1.52. The lowest BCUT2D eigenvalue weighted by atomic mass is 9.81. The van der Waals surface area contributed by atoms with Crippen molar-refractivity contribution in [2.45, 2.75) is 44.4 Å². The minimum absolute atomic E-state index is 0.0102. The number of benzene rings is 1. The number of amides is 1. The van der Waals surface area contributed by atoms with Crippen molar-refractivity contribution in [3.05, 3.63) is 23.3 Å². The number of hydrogen-bond acceptors (Lipinski definition) is 6. The van der Waals surface area contributed by atoms with Gasteiger partial charge in [0.1, 0.15) is 23.3 Å². The van der Waals surface area contributed by atoms with Crippen LogP contribution >= 0.6 is 0 Å². The molecule has 1 aliphatic carbocycles. The van der Waals surface area contributed by atoms with Crippen LogP contribution in [-0.2, 0) is 25.3 Å². The molecule has 1 aliphatic heterocycles. The summed E-state index contributed by atoms with van der Waals surface area (Å²) in [5, 5.41) is 0. The molecule has 8 nitrogen and oxygen atoms in total. The number of hydrogen-bond donors (Lipinski definition) is 0. The van der Waals surface area contributed by atoms with E-state index < -0.39 is 11.0 Å². The summed E-state index contributed by atoms with van der Waals surface area (Å²) in [6.45, 7) is 10.6. The zero-order chi connectivity index (χ0) is 26.1. The van der Waals surface area contributed by atoms with Gasteiger partial charge in [-0.15, -0.1) is 0 Å². The normalized spacial score (nSPS) is 21.9. The molecule has 0 radical (unpaired) electrons. The lowest BCUT2D eigenvalue weighted by molar-refractivity contribution is -0.135. The topological polar surface area (TPSA) is 71.5 Å². The summed E-state index contributed by atoms with van der Waals surface area (Å²) in [6.07, 6.45) is 4.87. The summed E-state index contributed by atoms with van der Waals surface area (Å²) >= 11 is 0. The Morgan fingerprint density at radius 3 is 2.31 bits per heavy atom. The molecule has 1 saturated carbocycles. The van der Waals surface area contributed by atoms with Gasteiger partial charge in [0, 0.05) is 46.8 Å². The van der Waals surface area contributed by atoms with Gasteiger partial charge < -0.3 is 19.1 Å². The maximum absolute atomic E-state index is 13.0. The Morgan fingerprint density at radius 2 is 1.69 bits per heavy atom. The number of carbonyl (C=O) groups is 1. The van der Waals surface area contributed by atoms with E-state index in [1.807, 2.05) is 45.0 Å². The van der Waals surface area contributed by atoms with Crippen LogP contribution in [-0.4, -0.2) is 105 Å². The maximum atomic E-state index is 13.0. The van der Waals surface area contributed by atoms with Crippen LogP contribution in [0.1, 0.15) is 36.8 Å². The number of rotatable bonds is 12. The number of likely N-dealkylation sites (N-methyl/N-ethyl adjacent to an activating group) is 2. The van der Waals surface area contributed by atoms with Gasteiger partial charge in [-0.3, -0.25) is 9.69 Å². The van der Waals surface area contributed by atoms with Crippen LogP contribution in [0.25, 0.3) is 0 Å². The molecule has 204 valence electrons. The van der Waals surface area contributed by atoms with E-state index in [1.54, 1.807) is 11.4 Å². The van der Waals surface area contributed by atoms with E-state index in [9.17, 15) is 9.00 Å². The van der Waals surface area contributed by atoms with Gasteiger partial charge in [-0.2, -0.15) is 0 Å². The van der Waals surface area contributed by atoms with E-state index in [-0.39, 0.29) is 12.5 Å². The predicted octanol–water partition coefficient (Wildman–Crippen LogP) is 2.88. The summed E-state index contributed by atoms with van der Waals surface area (Å²) in [4.78, 5) is 17.7. The monoisotopic (exact) mass is 523 g/mol. The van der Waals surface area contributed by atoms with Crippen molar-refractivity contribution < 1.29 is 23.2 Å². The van der Waals surface area contributed by atoms with E-state index in [0.717, 1.165) is 60.5 Å². The first-order chi connectivity index (χ1) is 17.3. The molecule has 3 rings (SSSR count). The van der Waals surface area contributed by atoms with E-state index in [1.165, 1.54) is 32.2 Å². The lowest BCUT2D eigenvalue weighted by Crippen LogP contribution is -2.41. The molecule has 0 aromatic heterocycles. The SMILES string of the molecule is COc1cc(C)c(S(=O)N(C)CCOCC(=O)N(C)CC2CCC(CN3CCOCC3)CC2)c(C)c1. The molecule has 36 heavy (non-hydrogen) atoms. The fourth-order valence-corrected chi connectivity index (χ4v) is 6.46. The van der Waals surface area contributed by atoms with Gasteiger partial charge >= 0.3 is 0 Å². The largest absolute Gasteiger partial charge is 0.497 e. The zero-order valence-corrected chi connectivity index (χ0v) is 23.6. The number of morpholine rings is 1. The Morgan fingerprint density at radius 1 is 1.08 bits per heavy atom. The van der Waals surface area contributed by atoms with Crippen LogP contribution in [0.4, 0.5) is 0 Å². The molecule has 1 saturated heterocycles. The number of ether oxygens (including phenoxy) is 3. The molecule has 1 amide bonds.